The maximum atomic E-state index is 13.4. The summed E-state index contributed by atoms with van der Waals surface area (Å²) in [6.45, 7) is 1.43. The van der Waals surface area contributed by atoms with E-state index in [9.17, 15) is 19.5 Å². The number of likely N-dealkylation sites (tertiary alicyclic amines) is 1. The van der Waals surface area contributed by atoms with E-state index in [2.05, 4.69) is 5.32 Å². The third-order valence-corrected chi connectivity index (χ3v) is 5.79. The Kier molecular flexibility index (Phi) is 6.57. The molecule has 1 aliphatic heterocycles. The standard InChI is InChI=1S/C23H26N2O7/c1-23(21(27)28)13-18(20(26)32-4)19(14-5-9-16(30-2)10-6-14)25(23)22(29)24-15-7-11-17(31-3)12-8-15/h5-12,18-19H,13H2,1-4H3,(H,24,29)(H,27,28). The van der Waals surface area contributed by atoms with Crippen molar-refractivity contribution in [2.24, 2.45) is 5.92 Å². The van der Waals surface area contributed by atoms with Crippen LogP contribution in [0.4, 0.5) is 10.5 Å². The van der Waals surface area contributed by atoms with Crippen LogP contribution in [-0.2, 0) is 14.3 Å². The van der Waals surface area contributed by atoms with Gasteiger partial charge in [0.15, 0.2) is 0 Å². The fourth-order valence-electron chi connectivity index (χ4n) is 4.07. The van der Waals surface area contributed by atoms with Crippen LogP contribution in [0.1, 0.15) is 24.9 Å². The smallest absolute Gasteiger partial charge is 0.329 e. The van der Waals surface area contributed by atoms with Crippen molar-refractivity contribution in [2.75, 3.05) is 26.6 Å². The van der Waals surface area contributed by atoms with Crippen molar-refractivity contribution in [3.8, 4) is 11.5 Å². The number of methoxy groups -OCH3 is 3. The Hall–Kier alpha value is -3.75. The summed E-state index contributed by atoms with van der Waals surface area (Å²) >= 11 is 0. The summed E-state index contributed by atoms with van der Waals surface area (Å²) in [4.78, 5) is 39.5. The summed E-state index contributed by atoms with van der Waals surface area (Å²) in [7, 11) is 4.30. The molecule has 170 valence electrons. The van der Waals surface area contributed by atoms with Crippen LogP contribution in [0, 0.1) is 5.92 Å². The van der Waals surface area contributed by atoms with E-state index in [1.54, 1.807) is 48.5 Å². The average molecular weight is 442 g/mol. The number of anilines is 1. The number of rotatable bonds is 6. The molecule has 3 unspecified atom stereocenters. The third kappa shape index (κ3) is 4.18. The number of aliphatic carboxylic acids is 1. The van der Waals surface area contributed by atoms with E-state index in [4.69, 9.17) is 14.2 Å². The number of carbonyl (C=O) groups excluding carboxylic acids is 2. The van der Waals surface area contributed by atoms with E-state index in [-0.39, 0.29) is 6.42 Å². The van der Waals surface area contributed by atoms with Gasteiger partial charge < -0.3 is 29.5 Å². The average Bonchev–Trinajstić information content (AvgIpc) is 3.13. The van der Waals surface area contributed by atoms with Crippen molar-refractivity contribution in [2.45, 2.75) is 24.9 Å². The summed E-state index contributed by atoms with van der Waals surface area (Å²) in [5.41, 5.74) is -0.588. The predicted molar refractivity (Wildman–Crippen MR) is 116 cm³/mol. The molecule has 9 nitrogen and oxygen atoms in total. The van der Waals surface area contributed by atoms with Gasteiger partial charge in [0.2, 0.25) is 0 Å². The minimum absolute atomic E-state index is 0.0955. The molecule has 0 saturated carbocycles. The second-order valence-corrected chi connectivity index (χ2v) is 7.66. The van der Waals surface area contributed by atoms with Crippen LogP contribution in [0.25, 0.3) is 0 Å². The molecule has 2 aromatic carbocycles. The molecular weight excluding hydrogens is 416 g/mol. The van der Waals surface area contributed by atoms with Gasteiger partial charge in [-0.05, 0) is 55.3 Å². The number of nitrogens with zero attached hydrogens (tertiary/aromatic N) is 1. The predicted octanol–water partition coefficient (Wildman–Crippen LogP) is 3.32. The zero-order valence-corrected chi connectivity index (χ0v) is 18.3. The number of urea groups is 1. The largest absolute Gasteiger partial charge is 0.497 e. The van der Waals surface area contributed by atoms with Crippen LogP contribution in [-0.4, -0.2) is 54.8 Å². The molecule has 1 saturated heterocycles. The van der Waals surface area contributed by atoms with Crippen LogP contribution in [0.5, 0.6) is 11.5 Å². The first-order valence-electron chi connectivity index (χ1n) is 9.94. The molecule has 1 aliphatic rings. The van der Waals surface area contributed by atoms with Gasteiger partial charge in [0.25, 0.3) is 0 Å². The Labute approximate surface area is 185 Å². The molecule has 0 bridgehead atoms. The van der Waals surface area contributed by atoms with E-state index in [0.29, 0.717) is 22.7 Å². The maximum absolute atomic E-state index is 13.4. The maximum Gasteiger partial charge on any atom is 0.329 e. The first-order chi connectivity index (χ1) is 15.2. The number of ether oxygens (including phenoxy) is 3. The highest BCUT2D eigenvalue weighted by Gasteiger charge is 2.58. The van der Waals surface area contributed by atoms with Crippen molar-refractivity contribution in [1.29, 1.82) is 0 Å². The van der Waals surface area contributed by atoms with Crippen LogP contribution in [0.3, 0.4) is 0 Å². The molecule has 0 radical (unpaired) electrons. The summed E-state index contributed by atoms with van der Waals surface area (Å²) in [6, 6.07) is 11.9. The number of carbonyl (C=O) groups is 3. The van der Waals surface area contributed by atoms with Gasteiger partial charge in [-0.25, -0.2) is 9.59 Å². The third-order valence-electron chi connectivity index (χ3n) is 5.79. The Morgan fingerprint density at radius 1 is 0.969 bits per heavy atom. The topological polar surface area (TPSA) is 114 Å². The first kappa shape index (κ1) is 22.9. The molecule has 0 spiro atoms. The number of amides is 2. The van der Waals surface area contributed by atoms with Crippen molar-refractivity contribution in [1.82, 2.24) is 4.90 Å². The highest BCUT2D eigenvalue weighted by molar-refractivity contribution is 5.96. The number of nitrogens with one attached hydrogen (secondary N) is 1. The number of hydrogen-bond donors (Lipinski definition) is 2. The zero-order valence-electron chi connectivity index (χ0n) is 18.3. The normalized spacial score (nSPS) is 22.2. The minimum Gasteiger partial charge on any atom is -0.497 e. The van der Waals surface area contributed by atoms with Gasteiger partial charge in [-0.15, -0.1) is 0 Å². The Morgan fingerprint density at radius 2 is 1.50 bits per heavy atom. The number of hydrogen-bond acceptors (Lipinski definition) is 6. The Morgan fingerprint density at radius 3 is 1.97 bits per heavy atom. The molecule has 2 aromatic rings. The van der Waals surface area contributed by atoms with Gasteiger partial charge >= 0.3 is 18.0 Å². The van der Waals surface area contributed by atoms with Gasteiger partial charge in [0.05, 0.1) is 33.3 Å². The minimum atomic E-state index is -1.64. The highest BCUT2D eigenvalue weighted by atomic mass is 16.5. The van der Waals surface area contributed by atoms with Crippen molar-refractivity contribution < 1.29 is 33.7 Å². The van der Waals surface area contributed by atoms with Crippen LogP contribution in [0.2, 0.25) is 0 Å². The second-order valence-electron chi connectivity index (χ2n) is 7.66. The van der Waals surface area contributed by atoms with E-state index in [1.807, 2.05) is 0 Å². The second kappa shape index (κ2) is 9.17. The van der Waals surface area contributed by atoms with Gasteiger partial charge in [-0.1, -0.05) is 12.1 Å². The fourth-order valence-corrected chi connectivity index (χ4v) is 4.07. The monoisotopic (exact) mass is 442 g/mol. The lowest BCUT2D eigenvalue weighted by Crippen LogP contribution is -2.53. The molecule has 0 aliphatic carbocycles. The molecule has 2 N–H and O–H groups in total. The number of carboxylic acids is 1. The lowest BCUT2D eigenvalue weighted by atomic mass is 9.90. The summed E-state index contributed by atoms with van der Waals surface area (Å²) in [5, 5.41) is 12.8. The lowest BCUT2D eigenvalue weighted by Gasteiger charge is -2.35. The summed E-state index contributed by atoms with van der Waals surface area (Å²) < 4.78 is 15.3. The lowest BCUT2D eigenvalue weighted by molar-refractivity contribution is -0.147. The van der Waals surface area contributed by atoms with Crippen molar-refractivity contribution in [3.63, 3.8) is 0 Å². The van der Waals surface area contributed by atoms with Crippen LogP contribution >= 0.6 is 0 Å². The molecule has 0 aromatic heterocycles. The molecule has 1 fully saturated rings. The van der Waals surface area contributed by atoms with Crippen molar-refractivity contribution in [3.05, 3.63) is 54.1 Å². The van der Waals surface area contributed by atoms with Crippen LogP contribution in [0.15, 0.2) is 48.5 Å². The van der Waals surface area contributed by atoms with Gasteiger partial charge in [-0.3, -0.25) is 4.79 Å². The molecule has 32 heavy (non-hydrogen) atoms. The van der Waals surface area contributed by atoms with E-state index in [1.165, 1.54) is 33.2 Å². The van der Waals surface area contributed by atoms with E-state index in [0.717, 1.165) is 0 Å². The number of carboxylic acid groups (broad SMARTS) is 1. The molecule has 3 rings (SSSR count). The quantitative estimate of drug-likeness (QED) is 0.660. The zero-order chi connectivity index (χ0) is 23.5. The number of esters is 1. The Bertz CT molecular complexity index is 990. The highest BCUT2D eigenvalue weighted by Crippen LogP contribution is 2.48. The summed E-state index contributed by atoms with van der Waals surface area (Å²) in [5.74, 6) is -1.46. The Balaban J connectivity index is 2.05. The molecule has 3 atom stereocenters. The van der Waals surface area contributed by atoms with Gasteiger partial charge in [0.1, 0.15) is 17.0 Å². The van der Waals surface area contributed by atoms with Crippen molar-refractivity contribution >= 4 is 23.7 Å². The van der Waals surface area contributed by atoms with Gasteiger partial charge in [0, 0.05) is 5.69 Å². The number of benzene rings is 2. The SMILES string of the molecule is COC(=O)C1CC(C)(C(=O)O)N(C(=O)Nc2ccc(OC)cc2)C1c1ccc(OC)cc1. The molecule has 1 heterocycles. The fraction of sp³-hybridized carbons (Fsp3) is 0.348. The van der Waals surface area contributed by atoms with E-state index >= 15 is 0 Å². The van der Waals surface area contributed by atoms with Gasteiger partial charge in [-0.2, -0.15) is 0 Å². The summed E-state index contributed by atoms with van der Waals surface area (Å²) in [6.07, 6.45) is -0.0955. The molecule has 2 amide bonds. The molecular formula is C23H26N2O7. The van der Waals surface area contributed by atoms with Crippen LogP contribution < -0.4 is 14.8 Å². The first-order valence-corrected chi connectivity index (χ1v) is 9.94. The molecule has 9 heteroatoms. The van der Waals surface area contributed by atoms with E-state index < -0.39 is 35.5 Å².